The number of hydrogen-bond acceptors (Lipinski definition) is 6. The molecule has 0 aliphatic carbocycles. The van der Waals surface area contributed by atoms with Crippen molar-refractivity contribution in [1.82, 2.24) is 20.4 Å². The highest BCUT2D eigenvalue weighted by Crippen LogP contribution is 2.28. The smallest absolute Gasteiger partial charge is 0.259 e. The number of likely N-dealkylation sites (N-methyl/N-ethyl adjacent to an activating group) is 1. The quantitative estimate of drug-likeness (QED) is 0.452. The molecule has 2 heterocycles. The molecule has 1 N–H and O–H groups in total. The van der Waals surface area contributed by atoms with E-state index in [0.717, 1.165) is 11.3 Å². The van der Waals surface area contributed by atoms with Gasteiger partial charge >= 0.3 is 0 Å². The molecule has 4 rings (SSSR count). The van der Waals surface area contributed by atoms with Crippen molar-refractivity contribution >= 4 is 17.0 Å². The third-order valence-corrected chi connectivity index (χ3v) is 5.58. The maximum absolute atomic E-state index is 13.4. The topological polar surface area (TPSA) is 80.5 Å². The zero-order valence-electron chi connectivity index (χ0n) is 18.9. The summed E-state index contributed by atoms with van der Waals surface area (Å²) in [5.41, 5.74) is 3.47. The van der Waals surface area contributed by atoms with Crippen molar-refractivity contribution in [3.63, 3.8) is 0 Å². The fourth-order valence-electron chi connectivity index (χ4n) is 3.75. The van der Waals surface area contributed by atoms with Gasteiger partial charge in [-0.2, -0.15) is 0 Å². The van der Waals surface area contributed by atoms with Crippen LogP contribution in [0.4, 0.5) is 4.39 Å². The van der Waals surface area contributed by atoms with Crippen LogP contribution in [-0.2, 0) is 0 Å². The Balaban J connectivity index is 1.63. The lowest BCUT2D eigenvalue weighted by atomic mass is 10.0. The Hall–Kier alpha value is -3.78. The van der Waals surface area contributed by atoms with Gasteiger partial charge in [0.05, 0.1) is 35.5 Å². The number of nitrogens with zero attached hydrogens (tertiary/aromatic N) is 3. The van der Waals surface area contributed by atoms with Gasteiger partial charge in [0.15, 0.2) is 0 Å². The van der Waals surface area contributed by atoms with Crippen molar-refractivity contribution < 1.29 is 18.4 Å². The van der Waals surface area contributed by atoms with Crippen molar-refractivity contribution in [3.05, 3.63) is 77.2 Å². The number of halogens is 1. The maximum atomic E-state index is 13.4. The SMILES string of the molecule is COc1ccc(C(CNC(=O)c2cc(-c3ccc(F)cc3)nc3onc(C)c23)N(C)C)cc1. The molecule has 33 heavy (non-hydrogen) atoms. The summed E-state index contributed by atoms with van der Waals surface area (Å²) in [4.78, 5) is 19.8. The molecule has 1 atom stereocenters. The van der Waals surface area contributed by atoms with Crippen molar-refractivity contribution in [3.8, 4) is 17.0 Å². The van der Waals surface area contributed by atoms with Gasteiger partial charge < -0.3 is 19.5 Å². The zero-order chi connectivity index (χ0) is 23.5. The first kappa shape index (κ1) is 22.4. The first-order valence-corrected chi connectivity index (χ1v) is 10.5. The molecule has 170 valence electrons. The number of aryl methyl sites for hydroxylation is 1. The minimum atomic E-state index is -0.346. The normalized spacial score (nSPS) is 12.2. The Bertz CT molecular complexity index is 1270. The third-order valence-electron chi connectivity index (χ3n) is 5.58. The Morgan fingerprint density at radius 3 is 2.48 bits per heavy atom. The molecular formula is C25H25FN4O3. The third kappa shape index (κ3) is 4.70. The van der Waals surface area contributed by atoms with E-state index in [2.05, 4.69) is 15.5 Å². The number of benzene rings is 2. The summed E-state index contributed by atoms with van der Waals surface area (Å²) in [6.07, 6.45) is 0. The number of ether oxygens (including phenoxy) is 1. The summed E-state index contributed by atoms with van der Waals surface area (Å²) in [6, 6.07) is 15.3. The number of rotatable bonds is 7. The van der Waals surface area contributed by atoms with Gasteiger partial charge in [0, 0.05) is 12.1 Å². The van der Waals surface area contributed by atoms with Gasteiger partial charge in [-0.05, 0) is 69.0 Å². The molecule has 0 bridgehead atoms. The van der Waals surface area contributed by atoms with Crippen molar-refractivity contribution in [2.24, 2.45) is 0 Å². The lowest BCUT2D eigenvalue weighted by molar-refractivity contribution is 0.0943. The number of aromatic nitrogens is 2. The standard InChI is InChI=1S/C25H25FN4O3/c1-15-23-20(13-21(28-25(23)33-29-15)16-5-9-18(26)10-6-16)24(31)27-14-22(30(2)3)17-7-11-19(32-4)12-8-17/h5-13,22H,14H2,1-4H3,(H,27,31). The molecule has 0 aliphatic heterocycles. The second-order valence-corrected chi connectivity index (χ2v) is 7.97. The van der Waals surface area contributed by atoms with Gasteiger partial charge in [-0.1, -0.05) is 17.3 Å². The van der Waals surface area contributed by atoms with E-state index < -0.39 is 0 Å². The van der Waals surface area contributed by atoms with Gasteiger partial charge in [-0.25, -0.2) is 9.37 Å². The molecule has 4 aromatic rings. The molecule has 2 aromatic heterocycles. The molecule has 8 heteroatoms. The Kier molecular flexibility index (Phi) is 6.37. The number of hydrogen-bond donors (Lipinski definition) is 1. The summed E-state index contributed by atoms with van der Waals surface area (Å²) >= 11 is 0. The first-order valence-electron chi connectivity index (χ1n) is 10.5. The maximum Gasteiger partial charge on any atom is 0.259 e. The largest absolute Gasteiger partial charge is 0.497 e. The molecule has 0 radical (unpaired) electrons. The van der Waals surface area contributed by atoms with E-state index in [1.807, 2.05) is 43.3 Å². The van der Waals surface area contributed by atoms with E-state index >= 15 is 0 Å². The van der Waals surface area contributed by atoms with Crippen LogP contribution in [0.2, 0.25) is 0 Å². The lowest BCUT2D eigenvalue weighted by Gasteiger charge is -2.25. The number of methoxy groups -OCH3 is 1. The van der Waals surface area contributed by atoms with Crippen LogP contribution < -0.4 is 10.1 Å². The van der Waals surface area contributed by atoms with Crippen LogP contribution in [0.3, 0.4) is 0 Å². The van der Waals surface area contributed by atoms with E-state index in [4.69, 9.17) is 9.26 Å². The predicted octanol–water partition coefficient (Wildman–Crippen LogP) is 4.38. The van der Waals surface area contributed by atoms with Crippen molar-refractivity contribution in [1.29, 1.82) is 0 Å². The van der Waals surface area contributed by atoms with Gasteiger partial charge in [-0.15, -0.1) is 0 Å². The molecule has 0 aliphatic rings. The fourth-order valence-corrected chi connectivity index (χ4v) is 3.75. The van der Waals surface area contributed by atoms with Crippen LogP contribution >= 0.6 is 0 Å². The van der Waals surface area contributed by atoms with Crippen LogP contribution in [0.25, 0.3) is 22.4 Å². The molecule has 0 fully saturated rings. The molecular weight excluding hydrogens is 423 g/mol. The Labute approximate surface area is 191 Å². The summed E-state index contributed by atoms with van der Waals surface area (Å²) in [7, 11) is 5.55. The van der Waals surface area contributed by atoms with Crippen LogP contribution in [0.5, 0.6) is 5.75 Å². The molecule has 1 unspecified atom stereocenters. The number of fused-ring (bicyclic) bond motifs is 1. The average Bonchev–Trinajstić information content (AvgIpc) is 3.20. The number of carbonyl (C=O) groups excluding carboxylic acids is 1. The summed E-state index contributed by atoms with van der Waals surface area (Å²) < 4.78 is 24.0. The fraction of sp³-hybridized carbons (Fsp3) is 0.240. The number of amides is 1. The summed E-state index contributed by atoms with van der Waals surface area (Å²) in [5.74, 6) is 0.162. The molecule has 0 saturated carbocycles. The second kappa shape index (κ2) is 9.38. The van der Waals surface area contributed by atoms with Gasteiger partial charge in [0.25, 0.3) is 11.6 Å². The highest BCUT2D eigenvalue weighted by atomic mass is 19.1. The summed E-state index contributed by atoms with van der Waals surface area (Å²) in [5, 5.41) is 7.57. The Morgan fingerprint density at radius 2 is 1.85 bits per heavy atom. The van der Waals surface area contributed by atoms with Gasteiger partial charge in [0.1, 0.15) is 11.6 Å². The zero-order valence-corrected chi connectivity index (χ0v) is 18.9. The first-order chi connectivity index (χ1) is 15.9. The molecule has 1 amide bonds. The van der Waals surface area contributed by atoms with Crippen molar-refractivity contribution in [2.45, 2.75) is 13.0 Å². The average molecular weight is 448 g/mol. The van der Waals surface area contributed by atoms with Crippen LogP contribution in [-0.4, -0.2) is 48.7 Å². The van der Waals surface area contributed by atoms with E-state index in [0.29, 0.717) is 34.4 Å². The van der Waals surface area contributed by atoms with Gasteiger partial charge in [-0.3, -0.25) is 4.79 Å². The van der Waals surface area contributed by atoms with Crippen LogP contribution in [0, 0.1) is 12.7 Å². The van der Waals surface area contributed by atoms with E-state index in [9.17, 15) is 9.18 Å². The Morgan fingerprint density at radius 1 is 1.15 bits per heavy atom. The van der Waals surface area contributed by atoms with E-state index in [1.54, 1.807) is 32.2 Å². The monoisotopic (exact) mass is 448 g/mol. The number of nitrogens with one attached hydrogen (secondary N) is 1. The van der Waals surface area contributed by atoms with Crippen LogP contribution in [0.1, 0.15) is 27.7 Å². The minimum absolute atomic E-state index is 0.0441. The molecule has 0 saturated heterocycles. The van der Waals surface area contributed by atoms with E-state index in [-0.39, 0.29) is 23.5 Å². The summed E-state index contributed by atoms with van der Waals surface area (Å²) in [6.45, 7) is 2.15. The lowest BCUT2D eigenvalue weighted by Crippen LogP contribution is -2.34. The van der Waals surface area contributed by atoms with Gasteiger partial charge in [0.2, 0.25) is 0 Å². The molecule has 2 aromatic carbocycles. The number of pyridine rings is 1. The molecule has 0 spiro atoms. The van der Waals surface area contributed by atoms with Crippen molar-refractivity contribution in [2.75, 3.05) is 27.7 Å². The van der Waals surface area contributed by atoms with Crippen LogP contribution in [0.15, 0.2) is 59.1 Å². The highest BCUT2D eigenvalue weighted by molar-refractivity contribution is 6.07. The predicted molar refractivity (Wildman–Crippen MR) is 124 cm³/mol. The highest BCUT2D eigenvalue weighted by Gasteiger charge is 2.21. The number of carbonyl (C=O) groups is 1. The minimum Gasteiger partial charge on any atom is -0.497 e. The second-order valence-electron chi connectivity index (χ2n) is 7.97. The molecule has 7 nitrogen and oxygen atoms in total. The van der Waals surface area contributed by atoms with E-state index in [1.165, 1.54) is 12.1 Å².